The van der Waals surface area contributed by atoms with Crippen molar-refractivity contribution in [2.24, 2.45) is 5.73 Å². The Bertz CT molecular complexity index is 740. The van der Waals surface area contributed by atoms with E-state index in [-0.39, 0.29) is 19.3 Å². The Morgan fingerprint density at radius 1 is 1.00 bits per heavy atom. The van der Waals surface area contributed by atoms with Gasteiger partial charge in [-0.2, -0.15) is 0 Å². The number of aromatic amines is 1. The van der Waals surface area contributed by atoms with Crippen molar-refractivity contribution in [3.05, 3.63) is 30.0 Å². The highest BCUT2D eigenvalue weighted by molar-refractivity contribution is 5.84. The molecule has 0 aliphatic carbocycles. The molecular weight excluding hydrogens is 368 g/mol. The molecule has 0 aliphatic rings. The van der Waals surface area contributed by atoms with Gasteiger partial charge in [-0.1, -0.05) is 6.92 Å². The Labute approximate surface area is 162 Å². The first kappa shape index (κ1) is 24.9. The lowest BCUT2D eigenvalue weighted by Gasteiger charge is -1.96. The third-order valence-corrected chi connectivity index (χ3v) is 3.50. The predicted octanol–water partition coefficient (Wildman–Crippen LogP) is 2.57. The molecule has 0 fully saturated rings. The molecule has 1 heterocycles. The minimum absolute atomic E-state index is 0.0628. The summed E-state index contributed by atoms with van der Waals surface area (Å²) < 4.78 is 0. The first-order chi connectivity index (χ1) is 13.2. The fourth-order valence-electron chi connectivity index (χ4n) is 2.08. The maximum Gasteiger partial charge on any atom is 0.303 e. The lowest BCUT2D eigenvalue weighted by atomic mass is 10.1. The van der Waals surface area contributed by atoms with Crippen LogP contribution in [0.4, 0.5) is 0 Å². The second kappa shape index (κ2) is 14.0. The lowest BCUT2D eigenvalue weighted by molar-refractivity contribution is -0.139. The maximum atomic E-state index is 9.90. The number of fused-ring (bicyclic) bond motifs is 1. The predicted molar refractivity (Wildman–Crippen MR) is 104 cm³/mol. The zero-order chi connectivity index (χ0) is 21.5. The number of phenols is 1. The number of benzene rings is 1. The van der Waals surface area contributed by atoms with Gasteiger partial charge in [0.05, 0.1) is 0 Å². The van der Waals surface area contributed by atoms with Crippen LogP contribution >= 0.6 is 0 Å². The SMILES string of the molecule is CCC(=O)O.NCCc1c[nH]c2ccc(O)cc12.O=C(O)CCCCC(=O)O. The fourth-order valence-corrected chi connectivity index (χ4v) is 2.08. The van der Waals surface area contributed by atoms with E-state index in [0.717, 1.165) is 22.9 Å². The minimum Gasteiger partial charge on any atom is -0.508 e. The van der Waals surface area contributed by atoms with Crippen molar-refractivity contribution in [3.63, 3.8) is 0 Å². The number of aliphatic carboxylic acids is 3. The van der Waals surface area contributed by atoms with Crippen molar-refractivity contribution in [3.8, 4) is 5.75 Å². The van der Waals surface area contributed by atoms with Crippen LogP contribution in [0.5, 0.6) is 5.75 Å². The Hall–Kier alpha value is -3.07. The van der Waals surface area contributed by atoms with Gasteiger partial charge in [-0.05, 0) is 49.6 Å². The smallest absolute Gasteiger partial charge is 0.303 e. The zero-order valence-corrected chi connectivity index (χ0v) is 15.9. The Morgan fingerprint density at radius 2 is 1.54 bits per heavy atom. The molecule has 0 saturated heterocycles. The van der Waals surface area contributed by atoms with Crippen molar-refractivity contribution in [1.29, 1.82) is 0 Å². The van der Waals surface area contributed by atoms with Gasteiger partial charge in [0.15, 0.2) is 0 Å². The number of carbonyl (C=O) groups is 3. The highest BCUT2D eigenvalue weighted by Crippen LogP contribution is 2.22. The summed E-state index contributed by atoms with van der Waals surface area (Å²) in [6.45, 7) is 2.23. The molecular formula is C19H28N2O7. The number of aromatic hydroxyl groups is 1. The van der Waals surface area contributed by atoms with Gasteiger partial charge in [0.2, 0.25) is 0 Å². The van der Waals surface area contributed by atoms with E-state index in [1.807, 2.05) is 12.3 Å². The topological polar surface area (TPSA) is 174 Å². The van der Waals surface area contributed by atoms with Crippen molar-refractivity contribution in [1.82, 2.24) is 4.98 Å². The average Bonchev–Trinajstić information content (AvgIpc) is 3.02. The molecule has 1 aromatic carbocycles. The van der Waals surface area contributed by atoms with E-state index in [1.165, 1.54) is 0 Å². The summed E-state index contributed by atoms with van der Waals surface area (Å²) in [7, 11) is 0. The van der Waals surface area contributed by atoms with Gasteiger partial charge in [0, 0.05) is 36.4 Å². The largest absolute Gasteiger partial charge is 0.508 e. The van der Waals surface area contributed by atoms with Crippen LogP contribution in [0.2, 0.25) is 0 Å². The number of aromatic nitrogens is 1. The molecule has 0 atom stereocenters. The standard InChI is InChI=1S/C10H12N2O.C6H10O4.C3H6O2/c11-4-3-7-6-12-10-2-1-8(13)5-9(7)10;7-5(8)3-1-2-4-6(9)10;1-2-3(4)5/h1-2,5-6,12-13H,3-4,11H2;1-4H2,(H,7,8)(H,9,10);2H2,1H3,(H,4,5). The van der Waals surface area contributed by atoms with Gasteiger partial charge in [0.25, 0.3) is 0 Å². The molecule has 0 radical (unpaired) electrons. The highest BCUT2D eigenvalue weighted by atomic mass is 16.4. The van der Waals surface area contributed by atoms with Crippen LogP contribution in [0.3, 0.4) is 0 Å². The summed E-state index contributed by atoms with van der Waals surface area (Å²) in [5.41, 5.74) is 7.68. The fraction of sp³-hybridized carbons (Fsp3) is 0.421. The summed E-state index contributed by atoms with van der Waals surface area (Å²) in [6.07, 6.45) is 4.02. The Kier molecular flexibility index (Phi) is 12.5. The molecule has 2 rings (SSSR count). The quantitative estimate of drug-likeness (QED) is 0.369. The summed E-state index contributed by atoms with van der Waals surface area (Å²) in [6, 6.07) is 5.30. The van der Waals surface area contributed by atoms with Crippen molar-refractivity contribution in [2.45, 2.75) is 45.4 Å². The molecule has 0 aliphatic heterocycles. The van der Waals surface area contributed by atoms with Gasteiger partial charge in [0.1, 0.15) is 5.75 Å². The van der Waals surface area contributed by atoms with Crippen LogP contribution in [0.15, 0.2) is 24.4 Å². The van der Waals surface area contributed by atoms with Gasteiger partial charge >= 0.3 is 17.9 Å². The second-order valence-electron chi connectivity index (χ2n) is 5.82. The van der Waals surface area contributed by atoms with E-state index in [4.69, 9.17) is 21.1 Å². The molecule has 9 nitrogen and oxygen atoms in total. The minimum atomic E-state index is -0.870. The van der Waals surface area contributed by atoms with Crippen LogP contribution in [-0.2, 0) is 20.8 Å². The summed E-state index contributed by atoms with van der Waals surface area (Å²) in [5.74, 6) is -2.19. The summed E-state index contributed by atoms with van der Waals surface area (Å²) in [4.78, 5) is 32.3. The normalized spacial score (nSPS) is 9.64. The lowest BCUT2D eigenvalue weighted by Crippen LogP contribution is -2.01. The van der Waals surface area contributed by atoms with E-state index in [0.29, 0.717) is 25.1 Å². The number of hydrogen-bond donors (Lipinski definition) is 6. The molecule has 0 unspecified atom stereocenters. The summed E-state index contributed by atoms with van der Waals surface area (Å²) in [5, 5.41) is 34.3. The van der Waals surface area contributed by atoms with Crippen LogP contribution in [0, 0.1) is 0 Å². The van der Waals surface area contributed by atoms with E-state index in [9.17, 15) is 19.5 Å². The zero-order valence-electron chi connectivity index (χ0n) is 15.9. The number of nitrogens with two attached hydrogens (primary N) is 1. The van der Waals surface area contributed by atoms with Crippen LogP contribution in [0.25, 0.3) is 10.9 Å². The van der Waals surface area contributed by atoms with E-state index < -0.39 is 17.9 Å². The van der Waals surface area contributed by atoms with Crippen molar-refractivity contribution < 1.29 is 34.8 Å². The van der Waals surface area contributed by atoms with E-state index in [1.54, 1.807) is 19.1 Å². The average molecular weight is 396 g/mol. The number of hydrogen-bond acceptors (Lipinski definition) is 5. The number of rotatable bonds is 8. The Balaban J connectivity index is 0.000000434. The third-order valence-electron chi connectivity index (χ3n) is 3.50. The van der Waals surface area contributed by atoms with Gasteiger partial charge in [-0.25, -0.2) is 0 Å². The molecule has 0 saturated carbocycles. The number of unbranched alkanes of at least 4 members (excludes halogenated alkanes) is 1. The molecule has 0 amide bonds. The van der Waals surface area contributed by atoms with Crippen LogP contribution in [-0.4, -0.2) is 49.9 Å². The highest BCUT2D eigenvalue weighted by Gasteiger charge is 2.02. The molecule has 7 N–H and O–H groups in total. The van der Waals surface area contributed by atoms with Gasteiger partial charge in [-0.3, -0.25) is 14.4 Å². The van der Waals surface area contributed by atoms with Crippen molar-refractivity contribution in [2.75, 3.05) is 6.54 Å². The monoisotopic (exact) mass is 396 g/mol. The van der Waals surface area contributed by atoms with Crippen LogP contribution in [0.1, 0.15) is 44.6 Å². The Morgan fingerprint density at radius 3 is 1.96 bits per heavy atom. The number of H-pyrrole nitrogens is 1. The first-order valence-electron chi connectivity index (χ1n) is 8.85. The summed E-state index contributed by atoms with van der Waals surface area (Å²) >= 11 is 0. The van der Waals surface area contributed by atoms with Crippen LogP contribution < -0.4 is 5.73 Å². The van der Waals surface area contributed by atoms with Gasteiger partial charge < -0.3 is 31.1 Å². The molecule has 0 spiro atoms. The molecule has 156 valence electrons. The molecule has 0 bridgehead atoms. The molecule has 28 heavy (non-hydrogen) atoms. The van der Waals surface area contributed by atoms with Gasteiger partial charge in [-0.15, -0.1) is 0 Å². The first-order valence-corrected chi connectivity index (χ1v) is 8.85. The third kappa shape index (κ3) is 11.5. The van der Waals surface area contributed by atoms with E-state index >= 15 is 0 Å². The number of phenolic OH excluding ortho intramolecular Hbond substituents is 1. The molecule has 1 aromatic heterocycles. The van der Waals surface area contributed by atoms with Crippen molar-refractivity contribution >= 4 is 28.8 Å². The number of carboxylic acid groups (broad SMARTS) is 3. The van der Waals surface area contributed by atoms with E-state index in [2.05, 4.69) is 4.98 Å². The number of nitrogens with one attached hydrogen (secondary N) is 1. The maximum absolute atomic E-state index is 9.90. The molecule has 9 heteroatoms. The number of carboxylic acids is 3. The molecule has 2 aromatic rings. The second-order valence-corrected chi connectivity index (χ2v) is 5.82.